The van der Waals surface area contributed by atoms with Crippen molar-refractivity contribution in [3.8, 4) is 11.5 Å². The molecule has 9 N–H and O–H groups in total. The van der Waals surface area contributed by atoms with Crippen molar-refractivity contribution >= 4 is 104 Å². The van der Waals surface area contributed by atoms with E-state index in [4.69, 9.17) is 4.98 Å². The molecular weight excluding hydrogens is 1230 g/mol. The third-order valence-electron chi connectivity index (χ3n) is 15.9. The summed E-state index contributed by atoms with van der Waals surface area (Å²) in [6.45, 7) is 3.91. The molecule has 0 aliphatic rings. The number of nitrogens with one attached hydrogen (secondary N) is 9. The number of carbonyl (C=O) groups excluding carboxylic acids is 9. The van der Waals surface area contributed by atoms with Crippen molar-refractivity contribution in [3.63, 3.8) is 0 Å². The highest BCUT2D eigenvalue weighted by atomic mass is 16.2. The predicted octanol–water partition coefficient (Wildman–Crippen LogP) is 5.86. The number of carbonyl (C=O) groups is 9. The van der Waals surface area contributed by atoms with Gasteiger partial charge in [0.25, 0.3) is 41.4 Å². The molecule has 8 heterocycles. The number of fused-ring (bicyclic) bond motifs is 2. The van der Waals surface area contributed by atoms with Crippen LogP contribution in [-0.4, -0.2) is 152 Å². The Morgan fingerprint density at radius 1 is 0.427 bits per heavy atom. The van der Waals surface area contributed by atoms with Gasteiger partial charge in [0.15, 0.2) is 5.82 Å². The van der Waals surface area contributed by atoms with Gasteiger partial charge in [-0.3, -0.25) is 43.2 Å². The van der Waals surface area contributed by atoms with Crippen LogP contribution >= 0.6 is 0 Å². The van der Waals surface area contributed by atoms with Crippen molar-refractivity contribution < 1.29 is 43.2 Å². The molecule has 2 aromatic carbocycles. The van der Waals surface area contributed by atoms with Crippen molar-refractivity contribution in [3.05, 3.63) is 161 Å². The second-order valence-corrected chi connectivity index (χ2v) is 23.7. The number of rotatable bonds is 24. The van der Waals surface area contributed by atoms with Crippen LogP contribution in [0, 0.1) is 6.92 Å². The molecule has 0 aliphatic heterocycles. The summed E-state index contributed by atoms with van der Waals surface area (Å²) in [5, 5.41) is 25.2. The van der Waals surface area contributed by atoms with E-state index in [-0.39, 0.29) is 60.0 Å². The van der Waals surface area contributed by atoms with Crippen LogP contribution in [0.3, 0.4) is 0 Å². The standard InChI is InChI=1S/C34H36N10O4.C33H44N10O5/c1-35-30(45)7-6-12-36-32(46)20-9-11-27-25(14-20)40-31(44(27)5)28-15-22(17-41(28)2)39-34(48)29-16-23(18-42(29)3)38-33(47)21-8-10-26-24(13-21)37-19-43(26)4;1-21-13-25(40(4)17-21)31(46)36-23-15-27(42(6)19-23)33(48)38-24-16-28(43(7)20-24)32(47)37-22-14-26(41(5)18-22)30(45)35-11-9-29(44)34-10-8-12-39(2)3/h8-11,13-19H,6-7,12H2,1-5H3,(H,35,45)(H,36,46)(H,38,47)(H,39,48);13-20H,8-12H2,1-7H3,(H,34,44)(H,35,45)(H,36,46)(H,37,47)(H,38,48). The van der Waals surface area contributed by atoms with Crippen LogP contribution in [0.1, 0.15) is 104 Å². The molecule has 0 bridgehead atoms. The molecule has 0 radical (unpaired) electrons. The van der Waals surface area contributed by atoms with Gasteiger partial charge < -0.3 is 89.3 Å². The average Bonchev–Trinajstić information content (AvgIpc) is 1.65. The maximum Gasteiger partial charge on any atom is 0.272 e. The summed E-state index contributed by atoms with van der Waals surface area (Å²) >= 11 is 0. The van der Waals surface area contributed by atoms with Gasteiger partial charge in [0.2, 0.25) is 11.8 Å². The molecule has 0 atom stereocenters. The lowest BCUT2D eigenvalue weighted by Gasteiger charge is -2.10. The number of hydrogen-bond donors (Lipinski definition) is 9. The Balaban J connectivity index is 0.000000225. The first-order valence-corrected chi connectivity index (χ1v) is 30.8. The minimum atomic E-state index is -0.443. The molecule has 0 unspecified atom stereocenters. The van der Waals surface area contributed by atoms with Gasteiger partial charge in [0.1, 0.15) is 28.5 Å². The van der Waals surface area contributed by atoms with E-state index in [0.717, 1.165) is 40.8 Å². The third-order valence-corrected chi connectivity index (χ3v) is 15.9. The number of amides is 9. The molecule has 10 aromatic rings. The highest BCUT2D eigenvalue weighted by molar-refractivity contribution is 6.10. The number of nitrogens with zero attached hydrogens (tertiary/aromatic N) is 11. The van der Waals surface area contributed by atoms with Crippen molar-refractivity contribution in [1.82, 2.24) is 72.7 Å². The van der Waals surface area contributed by atoms with E-state index in [9.17, 15) is 43.2 Å². The van der Waals surface area contributed by atoms with E-state index >= 15 is 0 Å². The number of benzene rings is 2. The fraction of sp³-hybridized carbons (Fsp3) is 0.299. The lowest BCUT2D eigenvalue weighted by molar-refractivity contribution is -0.121. The van der Waals surface area contributed by atoms with Gasteiger partial charge in [-0.25, -0.2) is 9.97 Å². The van der Waals surface area contributed by atoms with E-state index < -0.39 is 11.8 Å². The first-order valence-electron chi connectivity index (χ1n) is 30.8. The van der Waals surface area contributed by atoms with Crippen LogP contribution in [-0.2, 0) is 66.0 Å². The smallest absolute Gasteiger partial charge is 0.272 e. The molecule has 9 amide bonds. The molecule has 10 rings (SSSR count). The van der Waals surface area contributed by atoms with Gasteiger partial charge in [-0.15, -0.1) is 0 Å². The Morgan fingerprint density at radius 3 is 1.40 bits per heavy atom. The molecule has 0 spiro atoms. The summed E-state index contributed by atoms with van der Waals surface area (Å²) in [6.07, 6.45) is 13.8. The number of hydrogen-bond acceptors (Lipinski definition) is 12. The lowest BCUT2D eigenvalue weighted by Crippen LogP contribution is -2.32. The topological polar surface area (TPSA) is 330 Å². The Kier molecular flexibility index (Phi) is 21.4. The largest absolute Gasteiger partial charge is 0.359 e. The number of aromatic nitrogens is 10. The number of imidazole rings is 2. The maximum atomic E-state index is 13.3. The fourth-order valence-electron chi connectivity index (χ4n) is 10.8. The molecule has 502 valence electrons. The summed E-state index contributed by atoms with van der Waals surface area (Å²) in [5.74, 6) is -1.97. The Bertz CT molecular complexity index is 4610. The highest BCUT2D eigenvalue weighted by Gasteiger charge is 2.23. The van der Waals surface area contributed by atoms with E-state index in [1.54, 1.807) is 157 Å². The van der Waals surface area contributed by atoms with Gasteiger partial charge >= 0.3 is 0 Å². The van der Waals surface area contributed by atoms with Crippen LogP contribution in [0.2, 0.25) is 0 Å². The van der Waals surface area contributed by atoms with Gasteiger partial charge in [-0.1, -0.05) is 0 Å². The SMILES string of the molecule is CNC(=O)CCCNC(=O)c1ccc2c(c1)nc(-c1cc(NC(=O)c3cc(NC(=O)c4ccc5c(c4)ncn5C)cn3C)cn1C)n2C.Cc1cc(C(=O)Nc2cc(C(=O)Nc3cc(C(=O)Nc4cc(C(=O)NCCC(=O)NCCCN(C)C)n(C)c4)n(C)c3)n(C)c2)n(C)c1. The molecule has 0 fully saturated rings. The van der Waals surface area contributed by atoms with Crippen molar-refractivity contribution in [2.75, 3.05) is 73.9 Å². The first kappa shape index (κ1) is 68.6. The van der Waals surface area contributed by atoms with Crippen molar-refractivity contribution in [2.45, 2.75) is 32.6 Å². The normalized spacial score (nSPS) is 11.1. The summed E-state index contributed by atoms with van der Waals surface area (Å²) in [5.41, 5.74) is 9.85. The Labute approximate surface area is 553 Å². The van der Waals surface area contributed by atoms with Crippen LogP contribution in [0.15, 0.2) is 116 Å². The molecule has 29 heteroatoms. The van der Waals surface area contributed by atoms with Crippen LogP contribution in [0.5, 0.6) is 0 Å². The maximum absolute atomic E-state index is 13.3. The quantitative estimate of drug-likeness (QED) is 0.0322. The minimum absolute atomic E-state index is 0.0685. The highest BCUT2D eigenvalue weighted by Crippen LogP contribution is 2.29. The van der Waals surface area contributed by atoms with E-state index in [0.29, 0.717) is 99.6 Å². The monoisotopic (exact) mass is 1310 g/mol. The van der Waals surface area contributed by atoms with E-state index in [1.165, 1.54) is 0 Å². The van der Waals surface area contributed by atoms with E-state index in [2.05, 4.69) is 52.8 Å². The van der Waals surface area contributed by atoms with Crippen molar-refractivity contribution in [2.24, 2.45) is 56.4 Å². The summed E-state index contributed by atoms with van der Waals surface area (Å²) < 4.78 is 13.8. The minimum Gasteiger partial charge on any atom is -0.359 e. The van der Waals surface area contributed by atoms with Gasteiger partial charge in [-0.05, 0) is 119 Å². The molecule has 0 saturated carbocycles. The van der Waals surface area contributed by atoms with Crippen LogP contribution in [0.25, 0.3) is 33.6 Å². The van der Waals surface area contributed by atoms with Crippen LogP contribution in [0.4, 0.5) is 28.4 Å². The van der Waals surface area contributed by atoms with E-state index in [1.807, 2.05) is 85.2 Å². The Hall–Kier alpha value is -11.8. The van der Waals surface area contributed by atoms with Gasteiger partial charge in [0, 0.05) is 144 Å². The van der Waals surface area contributed by atoms with Gasteiger partial charge in [0.05, 0.1) is 62.5 Å². The zero-order valence-corrected chi connectivity index (χ0v) is 55.7. The third kappa shape index (κ3) is 16.5. The first-order chi connectivity index (χ1) is 45.7. The summed E-state index contributed by atoms with van der Waals surface area (Å²) in [6, 6.07) is 20.5. The number of anilines is 5. The molecule has 0 aliphatic carbocycles. The van der Waals surface area contributed by atoms with Crippen LogP contribution < -0.4 is 47.9 Å². The average molecular weight is 1310 g/mol. The summed E-state index contributed by atoms with van der Waals surface area (Å²) in [4.78, 5) is 125. The molecule has 0 saturated heterocycles. The second-order valence-electron chi connectivity index (χ2n) is 23.7. The Morgan fingerprint density at radius 2 is 0.875 bits per heavy atom. The molecule has 29 nitrogen and oxygen atoms in total. The second kappa shape index (κ2) is 29.9. The fourth-order valence-corrected chi connectivity index (χ4v) is 10.8. The lowest BCUT2D eigenvalue weighted by atomic mass is 10.2. The predicted molar refractivity (Wildman–Crippen MR) is 366 cm³/mol. The summed E-state index contributed by atoms with van der Waals surface area (Å²) in [7, 11) is 19.7. The van der Waals surface area contributed by atoms with Crippen molar-refractivity contribution in [1.29, 1.82) is 0 Å². The molecule has 8 aromatic heterocycles. The molecule has 96 heavy (non-hydrogen) atoms. The molecular formula is C67H80N20O9. The zero-order chi connectivity index (χ0) is 69.2. The van der Waals surface area contributed by atoms with Gasteiger partial charge in [-0.2, -0.15) is 0 Å². The zero-order valence-electron chi connectivity index (χ0n) is 55.7. The number of aryl methyl sites for hydroxylation is 9.